The molecule has 2 atom stereocenters. The number of hydrogen-bond acceptors (Lipinski definition) is 4. The molecule has 0 aromatic carbocycles. The molecule has 2 heterocycles. The van der Waals surface area contributed by atoms with Gasteiger partial charge in [0.05, 0.1) is 5.41 Å². The average molecular weight is 300 g/mol. The number of amides is 1. The van der Waals surface area contributed by atoms with E-state index in [0.29, 0.717) is 32.4 Å². The summed E-state index contributed by atoms with van der Waals surface area (Å²) in [6, 6.07) is 0.243. The summed E-state index contributed by atoms with van der Waals surface area (Å²) < 4.78 is 0. The molecule has 6 heteroatoms. The Hall–Kier alpha value is -0.750. The molecule has 0 radical (unpaired) electrons. The molecule has 20 heavy (non-hydrogen) atoms. The smallest absolute Gasteiger partial charge is 0.311 e. The highest BCUT2D eigenvalue weighted by molar-refractivity contribution is 7.99. The summed E-state index contributed by atoms with van der Waals surface area (Å²) in [5.74, 6) is 1.43. The fourth-order valence-corrected chi connectivity index (χ4v) is 4.09. The maximum atomic E-state index is 12.3. The van der Waals surface area contributed by atoms with Crippen LogP contribution < -0.4 is 5.32 Å². The molecular formula is C14H24N2O3S. The highest BCUT2D eigenvalue weighted by Crippen LogP contribution is 2.36. The number of thioether (sulfide) groups is 1. The van der Waals surface area contributed by atoms with Gasteiger partial charge in [-0.15, -0.1) is 0 Å². The Kier molecular flexibility index (Phi) is 5.32. The maximum Gasteiger partial charge on any atom is 0.311 e. The molecule has 2 N–H and O–H groups in total. The molecule has 114 valence electrons. The van der Waals surface area contributed by atoms with Crippen LogP contribution in [0.15, 0.2) is 0 Å². The summed E-state index contributed by atoms with van der Waals surface area (Å²) in [6.07, 6.45) is 2.59. The molecule has 0 aromatic rings. The Morgan fingerprint density at radius 1 is 1.50 bits per heavy atom. The Labute approximate surface area is 124 Å². The van der Waals surface area contributed by atoms with E-state index in [4.69, 9.17) is 0 Å². The van der Waals surface area contributed by atoms with Crippen LogP contribution in [0.3, 0.4) is 0 Å². The molecule has 0 aromatic heterocycles. The van der Waals surface area contributed by atoms with E-state index in [0.717, 1.165) is 24.5 Å². The van der Waals surface area contributed by atoms with Gasteiger partial charge in [-0.1, -0.05) is 13.3 Å². The summed E-state index contributed by atoms with van der Waals surface area (Å²) in [7, 11) is 0. The Morgan fingerprint density at radius 2 is 2.30 bits per heavy atom. The normalized spacial score (nSPS) is 30.4. The van der Waals surface area contributed by atoms with Crippen LogP contribution in [0.1, 0.15) is 32.6 Å². The van der Waals surface area contributed by atoms with E-state index >= 15 is 0 Å². The molecule has 2 aliphatic heterocycles. The van der Waals surface area contributed by atoms with E-state index < -0.39 is 11.4 Å². The SMILES string of the molecule is CCCC1(C(=O)O)CCN(C(=O)CC2CSCCN2)C1. The molecule has 2 unspecified atom stereocenters. The topological polar surface area (TPSA) is 69.6 Å². The number of likely N-dealkylation sites (tertiary alicyclic amines) is 1. The van der Waals surface area contributed by atoms with Crippen LogP contribution in [-0.4, -0.2) is 59.1 Å². The van der Waals surface area contributed by atoms with Crippen LogP contribution in [0.2, 0.25) is 0 Å². The molecule has 2 fully saturated rings. The van der Waals surface area contributed by atoms with Crippen molar-refractivity contribution in [2.45, 2.75) is 38.6 Å². The predicted molar refractivity (Wildman–Crippen MR) is 79.9 cm³/mol. The third kappa shape index (κ3) is 3.47. The van der Waals surface area contributed by atoms with Crippen LogP contribution in [-0.2, 0) is 9.59 Å². The van der Waals surface area contributed by atoms with Gasteiger partial charge < -0.3 is 15.3 Å². The van der Waals surface area contributed by atoms with Crippen LogP contribution in [0.4, 0.5) is 0 Å². The molecule has 1 amide bonds. The van der Waals surface area contributed by atoms with Crippen LogP contribution in [0.5, 0.6) is 0 Å². The molecule has 0 spiro atoms. The molecule has 2 saturated heterocycles. The number of carbonyl (C=O) groups excluding carboxylic acids is 1. The lowest BCUT2D eigenvalue weighted by Crippen LogP contribution is -2.43. The van der Waals surface area contributed by atoms with Gasteiger partial charge in [-0.05, 0) is 12.8 Å². The van der Waals surface area contributed by atoms with Crippen molar-refractivity contribution in [3.63, 3.8) is 0 Å². The van der Waals surface area contributed by atoms with Crippen molar-refractivity contribution in [3.8, 4) is 0 Å². The van der Waals surface area contributed by atoms with Crippen LogP contribution >= 0.6 is 11.8 Å². The minimum atomic E-state index is -0.749. The first-order valence-corrected chi connectivity index (χ1v) is 8.55. The molecule has 0 aliphatic carbocycles. The first-order valence-electron chi connectivity index (χ1n) is 7.40. The van der Waals surface area contributed by atoms with Gasteiger partial charge in [-0.3, -0.25) is 9.59 Å². The predicted octanol–water partition coefficient (Wildman–Crippen LogP) is 1.18. The maximum absolute atomic E-state index is 12.3. The number of carbonyl (C=O) groups is 2. The van der Waals surface area contributed by atoms with Gasteiger partial charge in [0.25, 0.3) is 0 Å². The number of hydrogen-bond donors (Lipinski definition) is 2. The van der Waals surface area contributed by atoms with Crippen molar-refractivity contribution < 1.29 is 14.7 Å². The van der Waals surface area contributed by atoms with Crippen molar-refractivity contribution in [1.29, 1.82) is 0 Å². The lowest BCUT2D eigenvalue weighted by molar-refractivity contribution is -0.149. The lowest BCUT2D eigenvalue weighted by Gasteiger charge is -2.27. The van der Waals surface area contributed by atoms with Crippen molar-refractivity contribution in [2.75, 3.05) is 31.1 Å². The zero-order valence-electron chi connectivity index (χ0n) is 12.1. The Bertz CT molecular complexity index is 371. The molecule has 0 bridgehead atoms. The van der Waals surface area contributed by atoms with Gasteiger partial charge in [0.1, 0.15) is 0 Å². The molecule has 2 rings (SSSR count). The third-order valence-electron chi connectivity index (χ3n) is 4.31. The minimum absolute atomic E-state index is 0.101. The standard InChI is InChI=1S/C14H24N2O3S/c1-2-3-14(13(18)19)4-6-16(10-14)12(17)8-11-9-20-7-5-15-11/h11,15H,2-10H2,1H3,(H,18,19). The van der Waals surface area contributed by atoms with Crippen molar-refractivity contribution in [2.24, 2.45) is 5.41 Å². The molecular weight excluding hydrogens is 276 g/mol. The highest BCUT2D eigenvalue weighted by atomic mass is 32.2. The number of carboxylic acids is 1. The van der Waals surface area contributed by atoms with Gasteiger partial charge in [0, 0.05) is 43.6 Å². The molecule has 5 nitrogen and oxygen atoms in total. The largest absolute Gasteiger partial charge is 0.481 e. The fraction of sp³-hybridized carbons (Fsp3) is 0.857. The second-order valence-electron chi connectivity index (χ2n) is 5.83. The number of aliphatic carboxylic acids is 1. The summed E-state index contributed by atoms with van der Waals surface area (Å²) in [6.45, 7) is 3.93. The van der Waals surface area contributed by atoms with Crippen molar-refractivity contribution in [1.82, 2.24) is 10.2 Å². The van der Waals surface area contributed by atoms with Crippen molar-refractivity contribution >= 4 is 23.6 Å². The van der Waals surface area contributed by atoms with Gasteiger partial charge in [-0.2, -0.15) is 11.8 Å². The van der Waals surface area contributed by atoms with Gasteiger partial charge in [-0.25, -0.2) is 0 Å². The van der Waals surface area contributed by atoms with E-state index in [-0.39, 0.29) is 11.9 Å². The fourth-order valence-electron chi connectivity index (χ4n) is 3.14. The highest BCUT2D eigenvalue weighted by Gasteiger charge is 2.45. The first-order chi connectivity index (χ1) is 9.57. The Balaban J connectivity index is 1.90. The van der Waals surface area contributed by atoms with E-state index in [1.54, 1.807) is 4.90 Å². The monoisotopic (exact) mass is 300 g/mol. The lowest BCUT2D eigenvalue weighted by atomic mass is 9.83. The number of rotatable bonds is 5. The second-order valence-corrected chi connectivity index (χ2v) is 6.98. The van der Waals surface area contributed by atoms with Crippen LogP contribution in [0.25, 0.3) is 0 Å². The van der Waals surface area contributed by atoms with Crippen LogP contribution in [0, 0.1) is 5.41 Å². The van der Waals surface area contributed by atoms with Gasteiger partial charge in [0.15, 0.2) is 0 Å². The third-order valence-corrected chi connectivity index (χ3v) is 5.44. The first kappa shape index (κ1) is 15.6. The van der Waals surface area contributed by atoms with Gasteiger partial charge in [0.2, 0.25) is 5.91 Å². The number of carboxylic acid groups (broad SMARTS) is 1. The summed E-state index contributed by atoms with van der Waals surface area (Å²) in [5, 5.41) is 12.8. The Morgan fingerprint density at radius 3 is 2.90 bits per heavy atom. The zero-order chi connectivity index (χ0) is 14.6. The van der Waals surface area contributed by atoms with E-state index in [2.05, 4.69) is 5.32 Å². The van der Waals surface area contributed by atoms with Crippen molar-refractivity contribution in [3.05, 3.63) is 0 Å². The summed E-state index contributed by atoms with van der Waals surface area (Å²) in [4.78, 5) is 25.6. The average Bonchev–Trinajstić information content (AvgIpc) is 2.86. The van der Waals surface area contributed by atoms with Gasteiger partial charge >= 0.3 is 5.97 Å². The number of nitrogens with zero attached hydrogens (tertiary/aromatic N) is 1. The number of nitrogens with one attached hydrogen (secondary N) is 1. The molecule has 2 aliphatic rings. The minimum Gasteiger partial charge on any atom is -0.481 e. The second kappa shape index (κ2) is 6.80. The van der Waals surface area contributed by atoms with E-state index in [1.807, 2.05) is 18.7 Å². The van der Waals surface area contributed by atoms with E-state index in [1.165, 1.54) is 0 Å². The van der Waals surface area contributed by atoms with E-state index in [9.17, 15) is 14.7 Å². The quantitative estimate of drug-likeness (QED) is 0.798. The summed E-state index contributed by atoms with van der Waals surface area (Å²) >= 11 is 1.87. The summed E-state index contributed by atoms with van der Waals surface area (Å²) in [5.41, 5.74) is -0.709. The zero-order valence-corrected chi connectivity index (χ0v) is 12.9. The molecule has 0 saturated carbocycles.